The number of hydrogen-bond acceptors (Lipinski definition) is 6. The van der Waals surface area contributed by atoms with E-state index < -0.39 is 5.97 Å². The summed E-state index contributed by atoms with van der Waals surface area (Å²) in [6.45, 7) is 3.94. The third-order valence-corrected chi connectivity index (χ3v) is 3.42. The van der Waals surface area contributed by atoms with Gasteiger partial charge in [-0.05, 0) is 24.3 Å². The largest absolute Gasteiger partial charge is 0.506 e. The lowest BCUT2D eigenvalue weighted by molar-refractivity contribution is -0.137. The average molecular weight is 339 g/mol. The Morgan fingerprint density at radius 1 is 1.16 bits per heavy atom. The van der Waals surface area contributed by atoms with Crippen LogP contribution in [0.3, 0.4) is 0 Å². The Bertz CT molecular complexity index is 871. The Kier molecular flexibility index (Phi) is 4.94. The second kappa shape index (κ2) is 7.48. The molecule has 1 heterocycles. The van der Waals surface area contributed by atoms with Gasteiger partial charge in [-0.25, -0.2) is 4.79 Å². The van der Waals surface area contributed by atoms with Crippen molar-refractivity contribution in [2.45, 2.75) is 6.42 Å². The molecule has 3 aromatic rings. The van der Waals surface area contributed by atoms with E-state index in [1.165, 1.54) is 10.9 Å². The first-order valence-electron chi connectivity index (χ1n) is 7.75. The van der Waals surface area contributed by atoms with E-state index in [2.05, 4.69) is 16.8 Å². The number of aromatic hydroxyl groups is 1. The van der Waals surface area contributed by atoms with Gasteiger partial charge in [0.25, 0.3) is 0 Å². The molecule has 0 atom stereocenters. The molecule has 0 bridgehead atoms. The Labute approximate surface area is 144 Å². The van der Waals surface area contributed by atoms with Crippen LogP contribution in [0.5, 0.6) is 11.5 Å². The topological polar surface area (TPSA) is 86.5 Å². The lowest BCUT2D eigenvalue weighted by Crippen LogP contribution is -2.07. The lowest BCUT2D eigenvalue weighted by Gasteiger charge is -2.09. The van der Waals surface area contributed by atoms with E-state index in [1.54, 1.807) is 12.1 Å². The summed E-state index contributed by atoms with van der Waals surface area (Å²) in [7, 11) is 0. The van der Waals surface area contributed by atoms with Crippen molar-refractivity contribution in [2.24, 2.45) is 0 Å². The number of rotatable bonds is 7. The fourth-order valence-electron chi connectivity index (χ4n) is 2.20. The summed E-state index contributed by atoms with van der Waals surface area (Å²) >= 11 is 0. The Balaban J connectivity index is 1.68. The second-order valence-corrected chi connectivity index (χ2v) is 5.20. The molecule has 25 heavy (non-hydrogen) atoms. The van der Waals surface area contributed by atoms with Gasteiger partial charge in [0.2, 0.25) is 0 Å². The predicted molar refractivity (Wildman–Crippen MR) is 91.8 cm³/mol. The van der Waals surface area contributed by atoms with Crippen LogP contribution in [-0.4, -0.2) is 39.3 Å². The summed E-state index contributed by atoms with van der Waals surface area (Å²) in [5.41, 5.74) is 1.89. The highest BCUT2D eigenvalue weighted by molar-refractivity contribution is 5.81. The molecule has 0 fully saturated rings. The third kappa shape index (κ3) is 3.95. The van der Waals surface area contributed by atoms with Gasteiger partial charge in [0.05, 0.1) is 13.2 Å². The fraction of sp³-hybridized carbons (Fsp3) is 0.167. The summed E-state index contributed by atoms with van der Waals surface area (Å²) in [5.74, 6) is 0.153. The number of carbonyl (C=O) groups excluding carboxylic acids is 1. The van der Waals surface area contributed by atoms with Crippen molar-refractivity contribution in [3.63, 3.8) is 0 Å². The maximum Gasteiger partial charge on any atom is 0.330 e. The molecule has 0 saturated heterocycles. The summed E-state index contributed by atoms with van der Waals surface area (Å²) in [4.78, 5) is 12.3. The van der Waals surface area contributed by atoms with Gasteiger partial charge in [-0.2, -0.15) is 0 Å². The number of ether oxygens (including phenoxy) is 2. The van der Waals surface area contributed by atoms with Gasteiger partial charge in [-0.15, -0.1) is 15.0 Å². The summed E-state index contributed by atoms with van der Waals surface area (Å²) in [6.07, 6.45) is 1.66. The van der Waals surface area contributed by atoms with Crippen molar-refractivity contribution in [2.75, 3.05) is 13.2 Å². The van der Waals surface area contributed by atoms with Crippen LogP contribution in [0, 0.1) is 0 Å². The summed E-state index contributed by atoms with van der Waals surface area (Å²) in [6, 6.07) is 12.3. The van der Waals surface area contributed by atoms with E-state index in [4.69, 9.17) is 9.47 Å². The molecule has 0 aliphatic heterocycles. The first-order chi connectivity index (χ1) is 12.2. The molecule has 7 nitrogen and oxygen atoms in total. The van der Waals surface area contributed by atoms with E-state index in [1.807, 2.05) is 24.3 Å². The van der Waals surface area contributed by atoms with Gasteiger partial charge >= 0.3 is 5.97 Å². The fourth-order valence-corrected chi connectivity index (χ4v) is 2.20. The molecular weight excluding hydrogens is 322 g/mol. The molecule has 0 radical (unpaired) electrons. The van der Waals surface area contributed by atoms with E-state index in [9.17, 15) is 9.90 Å². The molecular formula is C18H17N3O4. The zero-order chi connectivity index (χ0) is 17.6. The van der Waals surface area contributed by atoms with Gasteiger partial charge in [0.1, 0.15) is 28.2 Å². The van der Waals surface area contributed by atoms with Gasteiger partial charge in [0.15, 0.2) is 0 Å². The Morgan fingerprint density at radius 2 is 1.88 bits per heavy atom. The van der Waals surface area contributed by atoms with Gasteiger partial charge < -0.3 is 14.6 Å². The predicted octanol–water partition coefficient (Wildman–Crippen LogP) is 2.62. The van der Waals surface area contributed by atoms with E-state index in [-0.39, 0.29) is 12.4 Å². The number of phenolic OH excluding ortho intramolecular Hbond substituents is 1. The molecule has 1 N–H and O–H groups in total. The number of esters is 1. The minimum Gasteiger partial charge on any atom is -0.506 e. The number of hydrogen-bond donors (Lipinski definition) is 1. The van der Waals surface area contributed by atoms with Crippen molar-refractivity contribution >= 4 is 17.0 Å². The average Bonchev–Trinajstić information content (AvgIpc) is 3.06. The molecule has 128 valence electrons. The van der Waals surface area contributed by atoms with Crippen LogP contribution in [0.4, 0.5) is 0 Å². The van der Waals surface area contributed by atoms with Crippen molar-refractivity contribution in [3.8, 4) is 17.2 Å². The van der Waals surface area contributed by atoms with Crippen LogP contribution in [0.25, 0.3) is 16.7 Å². The quantitative estimate of drug-likeness (QED) is 0.404. The maximum atomic E-state index is 10.9. The molecule has 0 aliphatic rings. The van der Waals surface area contributed by atoms with Gasteiger partial charge in [-0.1, -0.05) is 18.7 Å². The van der Waals surface area contributed by atoms with Gasteiger partial charge in [-0.3, -0.25) is 0 Å². The monoisotopic (exact) mass is 339 g/mol. The molecule has 0 saturated carbocycles. The lowest BCUT2D eigenvalue weighted by atomic mass is 10.3. The number of nitrogens with zero attached hydrogens (tertiary/aromatic N) is 3. The van der Waals surface area contributed by atoms with Crippen molar-refractivity contribution in [1.82, 2.24) is 15.0 Å². The molecule has 0 spiro atoms. The third-order valence-electron chi connectivity index (χ3n) is 3.42. The number of phenols is 1. The maximum absolute atomic E-state index is 10.9. The minimum absolute atomic E-state index is 0.0487. The molecule has 1 aromatic heterocycles. The zero-order valence-corrected chi connectivity index (χ0v) is 13.5. The highest BCUT2D eigenvalue weighted by Gasteiger charge is 2.10. The Hall–Kier alpha value is -3.35. The number of fused-ring (bicyclic) bond motifs is 1. The zero-order valence-electron chi connectivity index (χ0n) is 13.5. The van der Waals surface area contributed by atoms with Crippen LogP contribution in [0.2, 0.25) is 0 Å². The smallest absolute Gasteiger partial charge is 0.330 e. The summed E-state index contributed by atoms with van der Waals surface area (Å²) in [5, 5.41) is 18.8. The van der Waals surface area contributed by atoms with E-state index in [0.717, 1.165) is 17.1 Å². The van der Waals surface area contributed by atoms with Crippen molar-refractivity contribution in [1.29, 1.82) is 0 Å². The number of aromatic nitrogens is 3. The molecule has 0 aliphatic carbocycles. The first-order valence-corrected chi connectivity index (χ1v) is 7.75. The highest BCUT2D eigenvalue weighted by atomic mass is 16.5. The molecule has 3 rings (SSSR count). The second-order valence-electron chi connectivity index (χ2n) is 5.20. The van der Waals surface area contributed by atoms with E-state index >= 15 is 0 Å². The van der Waals surface area contributed by atoms with Crippen LogP contribution < -0.4 is 4.74 Å². The number of carbonyl (C=O) groups is 1. The standard InChI is InChI=1S/C18H17N3O4/c1-2-18(23)25-11-5-10-24-13-8-9-17(22)16(12-13)21-19-14-6-3-4-7-15(14)20-21/h2-4,6-9,12,22H,1,5,10-11H2. The normalized spacial score (nSPS) is 10.6. The van der Waals surface area contributed by atoms with Crippen LogP contribution >= 0.6 is 0 Å². The van der Waals surface area contributed by atoms with Crippen LogP contribution in [0.15, 0.2) is 55.1 Å². The minimum atomic E-state index is -0.455. The molecule has 0 amide bonds. The Morgan fingerprint density at radius 3 is 2.56 bits per heavy atom. The molecule has 2 aromatic carbocycles. The van der Waals surface area contributed by atoms with Gasteiger partial charge in [0, 0.05) is 18.6 Å². The van der Waals surface area contributed by atoms with Crippen LogP contribution in [0.1, 0.15) is 6.42 Å². The van der Waals surface area contributed by atoms with Crippen molar-refractivity contribution < 1.29 is 19.4 Å². The van der Waals surface area contributed by atoms with E-state index in [0.29, 0.717) is 24.5 Å². The summed E-state index contributed by atoms with van der Waals surface area (Å²) < 4.78 is 10.5. The first kappa shape index (κ1) is 16.5. The SMILES string of the molecule is C=CC(=O)OCCCOc1ccc(O)c(-n2nc3ccccc3n2)c1. The molecule has 0 unspecified atom stereocenters. The van der Waals surface area contributed by atoms with Crippen LogP contribution in [-0.2, 0) is 9.53 Å². The molecule has 7 heteroatoms. The van der Waals surface area contributed by atoms with Crippen molar-refractivity contribution in [3.05, 3.63) is 55.1 Å². The number of benzene rings is 2. The highest BCUT2D eigenvalue weighted by Crippen LogP contribution is 2.26.